The van der Waals surface area contributed by atoms with E-state index in [1.807, 2.05) is 18.2 Å². The van der Waals surface area contributed by atoms with Crippen LogP contribution in [0.4, 0.5) is 5.69 Å². The van der Waals surface area contributed by atoms with Crippen molar-refractivity contribution >= 4 is 54.6 Å². The lowest BCUT2D eigenvalue weighted by Crippen LogP contribution is -2.13. The molecule has 0 aliphatic carbocycles. The van der Waals surface area contributed by atoms with Gasteiger partial charge in [-0.15, -0.1) is 0 Å². The molecule has 0 saturated heterocycles. The maximum Gasteiger partial charge on any atom is 0.259 e. The molecule has 0 saturated carbocycles. The van der Waals surface area contributed by atoms with E-state index in [0.29, 0.717) is 33.8 Å². The zero-order chi connectivity index (χ0) is 18.3. The standard InChI is InChI=1S/C18H11Br2N3O3/c1-9-16-11(17(24)21-13-7-10(19)4-5-12(13)20)8-14(15-3-2-6-25-15)22-18(16)26-23-9/h2-8H,1H3,(H,21,24). The van der Waals surface area contributed by atoms with Crippen LogP contribution in [-0.2, 0) is 0 Å². The van der Waals surface area contributed by atoms with Gasteiger partial charge < -0.3 is 14.3 Å². The first-order chi connectivity index (χ1) is 12.5. The number of rotatable bonds is 3. The normalized spacial score (nSPS) is 11.0. The number of aryl methyl sites for hydroxylation is 1. The van der Waals surface area contributed by atoms with Crippen molar-refractivity contribution in [2.24, 2.45) is 0 Å². The molecular formula is C18H11Br2N3O3. The number of fused-ring (bicyclic) bond motifs is 1. The smallest absolute Gasteiger partial charge is 0.259 e. The summed E-state index contributed by atoms with van der Waals surface area (Å²) in [4.78, 5) is 17.4. The Morgan fingerprint density at radius 3 is 2.81 bits per heavy atom. The van der Waals surface area contributed by atoms with Gasteiger partial charge in [-0.1, -0.05) is 21.1 Å². The van der Waals surface area contributed by atoms with E-state index in [4.69, 9.17) is 8.94 Å². The molecule has 1 aromatic carbocycles. The summed E-state index contributed by atoms with van der Waals surface area (Å²) < 4.78 is 12.3. The fraction of sp³-hybridized carbons (Fsp3) is 0.0556. The van der Waals surface area contributed by atoms with Gasteiger partial charge in [-0.25, -0.2) is 4.98 Å². The third kappa shape index (κ3) is 3.06. The molecule has 130 valence electrons. The van der Waals surface area contributed by atoms with Crippen LogP contribution in [0.2, 0.25) is 0 Å². The number of amides is 1. The predicted octanol–water partition coefficient (Wildman–Crippen LogP) is 5.57. The number of hydrogen-bond donors (Lipinski definition) is 1. The zero-order valence-corrected chi connectivity index (χ0v) is 16.6. The van der Waals surface area contributed by atoms with Gasteiger partial charge >= 0.3 is 0 Å². The molecular weight excluding hydrogens is 466 g/mol. The van der Waals surface area contributed by atoms with Crippen molar-refractivity contribution in [3.63, 3.8) is 0 Å². The highest BCUT2D eigenvalue weighted by Crippen LogP contribution is 2.30. The molecule has 0 aliphatic heterocycles. The van der Waals surface area contributed by atoms with E-state index in [1.54, 1.807) is 31.4 Å². The van der Waals surface area contributed by atoms with E-state index in [1.165, 1.54) is 0 Å². The average molecular weight is 477 g/mol. The van der Waals surface area contributed by atoms with Crippen molar-refractivity contribution in [3.05, 3.63) is 62.9 Å². The number of hydrogen-bond acceptors (Lipinski definition) is 5. The van der Waals surface area contributed by atoms with Gasteiger partial charge in [0.15, 0.2) is 5.76 Å². The number of halogens is 2. The Morgan fingerprint density at radius 2 is 2.04 bits per heavy atom. The van der Waals surface area contributed by atoms with Crippen molar-refractivity contribution in [1.29, 1.82) is 0 Å². The number of nitrogens with zero attached hydrogens (tertiary/aromatic N) is 2. The lowest BCUT2D eigenvalue weighted by Gasteiger charge is -2.09. The van der Waals surface area contributed by atoms with Gasteiger partial charge in [0.05, 0.1) is 28.6 Å². The van der Waals surface area contributed by atoms with Gasteiger partial charge in [-0.05, 0) is 59.3 Å². The van der Waals surface area contributed by atoms with Crippen molar-refractivity contribution in [3.8, 4) is 11.5 Å². The Bertz CT molecular complexity index is 1120. The van der Waals surface area contributed by atoms with Crippen LogP contribution in [-0.4, -0.2) is 16.0 Å². The molecule has 1 amide bonds. The average Bonchev–Trinajstić information content (AvgIpc) is 3.28. The molecule has 3 heterocycles. The monoisotopic (exact) mass is 475 g/mol. The molecule has 1 N–H and O–H groups in total. The van der Waals surface area contributed by atoms with Crippen LogP contribution in [0.25, 0.3) is 22.6 Å². The number of carbonyl (C=O) groups excluding carboxylic acids is 1. The van der Waals surface area contributed by atoms with Gasteiger partial charge in [0.25, 0.3) is 11.6 Å². The molecule has 0 bridgehead atoms. The number of carbonyl (C=O) groups is 1. The summed E-state index contributed by atoms with van der Waals surface area (Å²) in [6.07, 6.45) is 1.55. The summed E-state index contributed by atoms with van der Waals surface area (Å²) in [5.41, 5.74) is 2.43. The van der Waals surface area contributed by atoms with Crippen LogP contribution in [0, 0.1) is 6.92 Å². The minimum absolute atomic E-state index is 0.287. The minimum Gasteiger partial charge on any atom is -0.463 e. The van der Waals surface area contributed by atoms with Crippen molar-refractivity contribution < 1.29 is 13.7 Å². The van der Waals surface area contributed by atoms with E-state index in [-0.39, 0.29) is 11.6 Å². The Kier molecular flexibility index (Phi) is 4.37. The lowest BCUT2D eigenvalue weighted by molar-refractivity contribution is 0.102. The molecule has 4 rings (SSSR count). The maximum absolute atomic E-state index is 13.0. The second-order valence-corrected chi connectivity index (χ2v) is 7.33. The Labute approximate surface area is 164 Å². The summed E-state index contributed by atoms with van der Waals surface area (Å²) in [6.45, 7) is 1.77. The Morgan fingerprint density at radius 1 is 1.19 bits per heavy atom. The number of pyridine rings is 1. The first kappa shape index (κ1) is 17.0. The molecule has 4 aromatic rings. The van der Waals surface area contributed by atoms with E-state index in [9.17, 15) is 4.79 Å². The number of anilines is 1. The molecule has 0 atom stereocenters. The highest BCUT2D eigenvalue weighted by atomic mass is 79.9. The molecule has 8 heteroatoms. The largest absolute Gasteiger partial charge is 0.463 e. The van der Waals surface area contributed by atoms with Gasteiger partial charge in [-0.2, -0.15) is 0 Å². The van der Waals surface area contributed by atoms with E-state index in [2.05, 4.69) is 47.3 Å². The summed E-state index contributed by atoms with van der Waals surface area (Å²) in [7, 11) is 0. The predicted molar refractivity (Wildman–Crippen MR) is 104 cm³/mol. The van der Waals surface area contributed by atoms with E-state index >= 15 is 0 Å². The fourth-order valence-electron chi connectivity index (χ4n) is 2.61. The fourth-order valence-corrected chi connectivity index (χ4v) is 3.31. The second kappa shape index (κ2) is 6.69. The molecule has 0 unspecified atom stereocenters. The molecule has 6 nitrogen and oxygen atoms in total. The van der Waals surface area contributed by atoms with Crippen LogP contribution in [0.1, 0.15) is 16.1 Å². The zero-order valence-electron chi connectivity index (χ0n) is 13.4. The van der Waals surface area contributed by atoms with Crippen molar-refractivity contribution in [2.45, 2.75) is 6.92 Å². The van der Waals surface area contributed by atoms with Crippen LogP contribution >= 0.6 is 31.9 Å². The number of furan rings is 1. The van der Waals surface area contributed by atoms with E-state index in [0.717, 1.165) is 8.95 Å². The molecule has 0 aliphatic rings. The van der Waals surface area contributed by atoms with Crippen molar-refractivity contribution in [2.75, 3.05) is 5.32 Å². The lowest BCUT2D eigenvalue weighted by atomic mass is 10.1. The minimum atomic E-state index is -0.296. The Hall–Kier alpha value is -2.45. The topological polar surface area (TPSA) is 81.2 Å². The van der Waals surface area contributed by atoms with Crippen LogP contribution in [0.3, 0.4) is 0 Å². The number of aromatic nitrogens is 2. The van der Waals surface area contributed by atoms with Crippen LogP contribution < -0.4 is 5.32 Å². The van der Waals surface area contributed by atoms with Gasteiger partial charge in [0.1, 0.15) is 5.69 Å². The van der Waals surface area contributed by atoms with Crippen LogP contribution in [0.5, 0.6) is 0 Å². The molecule has 0 spiro atoms. The molecule has 3 aromatic heterocycles. The van der Waals surface area contributed by atoms with Gasteiger partial charge in [-0.3, -0.25) is 4.79 Å². The molecule has 0 radical (unpaired) electrons. The highest BCUT2D eigenvalue weighted by Gasteiger charge is 2.20. The summed E-state index contributed by atoms with van der Waals surface area (Å²) in [5.74, 6) is 0.244. The van der Waals surface area contributed by atoms with Crippen molar-refractivity contribution in [1.82, 2.24) is 10.1 Å². The highest BCUT2D eigenvalue weighted by molar-refractivity contribution is 9.11. The number of nitrogens with one attached hydrogen (secondary N) is 1. The summed E-state index contributed by atoms with van der Waals surface area (Å²) in [5, 5.41) is 7.41. The SMILES string of the molecule is Cc1noc2nc(-c3ccco3)cc(C(=O)Nc3cc(Br)ccc3Br)c12. The number of benzene rings is 1. The van der Waals surface area contributed by atoms with Gasteiger partial charge in [0.2, 0.25) is 0 Å². The first-order valence-electron chi connectivity index (χ1n) is 7.60. The maximum atomic E-state index is 13.0. The third-order valence-electron chi connectivity index (χ3n) is 3.81. The molecule has 0 fully saturated rings. The molecule has 26 heavy (non-hydrogen) atoms. The quantitative estimate of drug-likeness (QED) is 0.418. The second-order valence-electron chi connectivity index (χ2n) is 5.56. The Balaban J connectivity index is 1.82. The van der Waals surface area contributed by atoms with E-state index < -0.39 is 0 Å². The third-order valence-corrected chi connectivity index (χ3v) is 5.00. The first-order valence-corrected chi connectivity index (χ1v) is 9.19. The van der Waals surface area contributed by atoms with Crippen LogP contribution in [0.15, 0.2) is 60.5 Å². The van der Waals surface area contributed by atoms with Gasteiger partial charge in [0, 0.05) is 8.95 Å². The summed E-state index contributed by atoms with van der Waals surface area (Å²) in [6, 6.07) is 10.7. The summed E-state index contributed by atoms with van der Waals surface area (Å²) >= 11 is 6.85.